The van der Waals surface area contributed by atoms with Gasteiger partial charge in [0.1, 0.15) is 6.54 Å². The molecule has 0 atom stereocenters. The van der Waals surface area contributed by atoms with Crippen molar-refractivity contribution >= 4 is 17.5 Å². The first-order chi connectivity index (χ1) is 13.2. The Morgan fingerprint density at radius 1 is 1.22 bits per heavy atom. The van der Waals surface area contributed by atoms with E-state index in [1.54, 1.807) is 29.2 Å². The Kier molecular flexibility index (Phi) is 4.48. The normalized spacial score (nSPS) is 10.9. The van der Waals surface area contributed by atoms with Crippen LogP contribution >= 0.6 is 0 Å². The van der Waals surface area contributed by atoms with Crippen molar-refractivity contribution in [1.29, 1.82) is 0 Å². The molecule has 136 valence electrons. The fourth-order valence-electron chi connectivity index (χ4n) is 2.66. The van der Waals surface area contributed by atoms with E-state index in [1.165, 1.54) is 4.68 Å². The van der Waals surface area contributed by atoms with Gasteiger partial charge in [-0.2, -0.15) is 10.1 Å². The fraction of sp³-hybridized carbons (Fsp3) is 0.167. The van der Waals surface area contributed by atoms with E-state index in [-0.39, 0.29) is 18.4 Å². The summed E-state index contributed by atoms with van der Waals surface area (Å²) >= 11 is 0. The second kappa shape index (κ2) is 7.24. The zero-order valence-corrected chi connectivity index (χ0v) is 14.6. The highest BCUT2D eigenvalue weighted by molar-refractivity contribution is 5.88. The Morgan fingerprint density at radius 3 is 2.96 bits per heavy atom. The molecule has 0 unspecified atom stereocenters. The number of anilines is 1. The number of aromatic nitrogens is 6. The molecule has 1 N–H and O–H groups in total. The number of rotatable bonds is 6. The van der Waals surface area contributed by atoms with Crippen molar-refractivity contribution in [2.24, 2.45) is 0 Å². The van der Waals surface area contributed by atoms with E-state index in [1.807, 2.05) is 37.4 Å². The minimum atomic E-state index is -0.249. The first kappa shape index (κ1) is 16.7. The topological polar surface area (TPSA) is 99.2 Å². The first-order valence-corrected chi connectivity index (χ1v) is 8.45. The predicted octanol–water partition coefficient (Wildman–Crippen LogP) is 2.03. The summed E-state index contributed by atoms with van der Waals surface area (Å²) in [7, 11) is 0. The average molecular weight is 363 g/mol. The molecule has 0 saturated heterocycles. The molecule has 0 aliphatic rings. The van der Waals surface area contributed by atoms with Crippen molar-refractivity contribution in [3.8, 4) is 17.0 Å². The molecular weight excluding hydrogens is 346 g/mol. The molecule has 0 fully saturated rings. The highest BCUT2D eigenvalue weighted by atomic mass is 16.5. The van der Waals surface area contributed by atoms with Gasteiger partial charge < -0.3 is 4.74 Å². The van der Waals surface area contributed by atoms with Crippen molar-refractivity contribution in [2.45, 2.75) is 13.5 Å². The standard InChI is InChI=1S/C18H17N7O2/c1-2-27-17-14(5-3-8-19-17)13-6-7-15-21-18(23-25(15)11-13)22-16(26)12-24-10-4-9-20-24/h3-11H,2,12H2,1H3,(H,22,23,26). The van der Waals surface area contributed by atoms with Gasteiger partial charge in [0.05, 0.1) is 6.61 Å². The maximum absolute atomic E-state index is 12.1. The average Bonchev–Trinajstić information content (AvgIpc) is 3.30. The van der Waals surface area contributed by atoms with Crippen LogP contribution in [0.1, 0.15) is 6.92 Å². The summed E-state index contributed by atoms with van der Waals surface area (Å²) in [4.78, 5) is 20.7. The number of hydrogen-bond acceptors (Lipinski definition) is 6. The van der Waals surface area contributed by atoms with E-state index in [0.717, 1.165) is 11.1 Å². The minimum absolute atomic E-state index is 0.0984. The van der Waals surface area contributed by atoms with Crippen molar-refractivity contribution < 1.29 is 9.53 Å². The number of hydrogen-bond donors (Lipinski definition) is 1. The van der Waals surface area contributed by atoms with Gasteiger partial charge in [-0.3, -0.25) is 14.8 Å². The highest BCUT2D eigenvalue weighted by Gasteiger charge is 2.12. The van der Waals surface area contributed by atoms with Crippen LogP contribution in [0.2, 0.25) is 0 Å². The lowest BCUT2D eigenvalue weighted by Gasteiger charge is -2.08. The lowest BCUT2D eigenvalue weighted by atomic mass is 10.1. The molecular formula is C18H17N7O2. The van der Waals surface area contributed by atoms with Gasteiger partial charge >= 0.3 is 0 Å². The Bertz CT molecular complexity index is 1070. The summed E-state index contributed by atoms with van der Waals surface area (Å²) < 4.78 is 8.73. The van der Waals surface area contributed by atoms with Gasteiger partial charge in [0, 0.05) is 35.9 Å². The summed E-state index contributed by atoms with van der Waals surface area (Å²) in [5, 5.41) is 11.0. The molecule has 0 radical (unpaired) electrons. The van der Waals surface area contributed by atoms with Crippen LogP contribution in [0.4, 0.5) is 5.95 Å². The molecule has 9 nitrogen and oxygen atoms in total. The van der Waals surface area contributed by atoms with Crippen LogP contribution < -0.4 is 10.1 Å². The number of ether oxygens (including phenoxy) is 1. The van der Waals surface area contributed by atoms with Gasteiger partial charge in [0.25, 0.3) is 0 Å². The van der Waals surface area contributed by atoms with Gasteiger partial charge in [-0.05, 0) is 37.3 Å². The molecule has 4 aromatic heterocycles. The van der Waals surface area contributed by atoms with Crippen LogP contribution in [0.15, 0.2) is 55.1 Å². The van der Waals surface area contributed by atoms with Crippen molar-refractivity contribution in [3.63, 3.8) is 0 Å². The van der Waals surface area contributed by atoms with E-state index in [2.05, 4.69) is 25.5 Å². The van der Waals surface area contributed by atoms with E-state index >= 15 is 0 Å². The monoisotopic (exact) mass is 363 g/mol. The Hall–Kier alpha value is -3.75. The first-order valence-electron chi connectivity index (χ1n) is 8.45. The molecule has 1 amide bonds. The van der Waals surface area contributed by atoms with Crippen LogP contribution in [0.25, 0.3) is 16.8 Å². The summed E-state index contributed by atoms with van der Waals surface area (Å²) in [6.07, 6.45) is 6.85. The maximum Gasteiger partial charge on any atom is 0.249 e. The van der Waals surface area contributed by atoms with Gasteiger partial charge in [-0.25, -0.2) is 9.50 Å². The number of carbonyl (C=O) groups excluding carboxylic acids is 1. The van der Waals surface area contributed by atoms with Crippen LogP contribution in [-0.4, -0.2) is 41.9 Å². The zero-order valence-electron chi connectivity index (χ0n) is 14.6. The molecule has 4 rings (SSSR count). The van der Waals surface area contributed by atoms with Gasteiger partial charge in [0.15, 0.2) is 5.65 Å². The second-order valence-corrected chi connectivity index (χ2v) is 5.70. The van der Waals surface area contributed by atoms with Crippen LogP contribution in [0.5, 0.6) is 5.88 Å². The predicted molar refractivity (Wildman–Crippen MR) is 98.2 cm³/mol. The second-order valence-electron chi connectivity index (χ2n) is 5.70. The number of amides is 1. The molecule has 4 aromatic rings. The Balaban J connectivity index is 1.58. The molecule has 0 aliphatic carbocycles. The summed E-state index contributed by atoms with van der Waals surface area (Å²) in [6, 6.07) is 9.28. The molecule has 0 aromatic carbocycles. The molecule has 0 saturated carbocycles. The summed E-state index contributed by atoms with van der Waals surface area (Å²) in [6.45, 7) is 2.54. The zero-order chi connectivity index (χ0) is 18.6. The molecule has 0 aliphatic heterocycles. The van der Waals surface area contributed by atoms with Crippen molar-refractivity contribution in [1.82, 2.24) is 29.4 Å². The number of carbonyl (C=O) groups is 1. The maximum atomic E-state index is 12.1. The van der Waals surface area contributed by atoms with Crippen LogP contribution in [-0.2, 0) is 11.3 Å². The molecule has 4 heterocycles. The lowest BCUT2D eigenvalue weighted by molar-refractivity contribution is -0.116. The molecule has 9 heteroatoms. The highest BCUT2D eigenvalue weighted by Crippen LogP contribution is 2.27. The summed E-state index contributed by atoms with van der Waals surface area (Å²) in [5.41, 5.74) is 2.37. The number of pyridine rings is 2. The SMILES string of the molecule is CCOc1ncccc1-c1ccc2nc(NC(=O)Cn3cccn3)nn2c1. The van der Waals surface area contributed by atoms with E-state index in [0.29, 0.717) is 18.1 Å². The van der Waals surface area contributed by atoms with E-state index < -0.39 is 0 Å². The summed E-state index contributed by atoms with van der Waals surface area (Å²) in [5.74, 6) is 0.549. The van der Waals surface area contributed by atoms with Gasteiger partial charge in [-0.1, -0.05) is 0 Å². The fourth-order valence-corrected chi connectivity index (χ4v) is 2.66. The van der Waals surface area contributed by atoms with Gasteiger partial charge in [0.2, 0.25) is 17.7 Å². The van der Waals surface area contributed by atoms with Gasteiger partial charge in [-0.15, -0.1) is 5.10 Å². The lowest BCUT2D eigenvalue weighted by Crippen LogP contribution is -2.19. The molecule has 0 bridgehead atoms. The number of nitrogens with one attached hydrogen (secondary N) is 1. The molecule has 27 heavy (non-hydrogen) atoms. The Morgan fingerprint density at radius 2 is 2.15 bits per heavy atom. The largest absolute Gasteiger partial charge is 0.478 e. The van der Waals surface area contributed by atoms with Crippen molar-refractivity contribution in [3.05, 3.63) is 55.1 Å². The van der Waals surface area contributed by atoms with Crippen LogP contribution in [0, 0.1) is 0 Å². The van der Waals surface area contributed by atoms with E-state index in [4.69, 9.17) is 4.74 Å². The number of fused-ring (bicyclic) bond motifs is 1. The minimum Gasteiger partial charge on any atom is -0.478 e. The van der Waals surface area contributed by atoms with E-state index in [9.17, 15) is 4.79 Å². The van der Waals surface area contributed by atoms with Crippen LogP contribution in [0.3, 0.4) is 0 Å². The third-order valence-electron chi connectivity index (χ3n) is 3.81. The molecule has 0 spiro atoms. The third kappa shape index (κ3) is 3.61. The van der Waals surface area contributed by atoms with Crippen molar-refractivity contribution in [2.75, 3.05) is 11.9 Å². The third-order valence-corrected chi connectivity index (χ3v) is 3.81. The Labute approximate surface area is 154 Å². The smallest absolute Gasteiger partial charge is 0.249 e. The quantitative estimate of drug-likeness (QED) is 0.563. The number of nitrogens with zero attached hydrogens (tertiary/aromatic N) is 6.